The lowest BCUT2D eigenvalue weighted by atomic mass is 9.78. The van der Waals surface area contributed by atoms with Crippen molar-refractivity contribution in [2.45, 2.75) is 46.1 Å². The lowest BCUT2D eigenvalue weighted by molar-refractivity contribution is -0.124. The number of aryl methyl sites for hydroxylation is 1. The van der Waals surface area contributed by atoms with Crippen molar-refractivity contribution >= 4 is 5.91 Å². The molecule has 1 aromatic carbocycles. The van der Waals surface area contributed by atoms with Gasteiger partial charge in [-0.25, -0.2) is 0 Å². The van der Waals surface area contributed by atoms with Gasteiger partial charge in [0.15, 0.2) is 6.61 Å². The lowest BCUT2D eigenvalue weighted by Crippen LogP contribution is -2.45. The lowest BCUT2D eigenvalue weighted by Gasteiger charge is -2.34. The maximum absolute atomic E-state index is 12.0. The van der Waals surface area contributed by atoms with Gasteiger partial charge >= 0.3 is 0 Å². The fraction of sp³-hybridized carbons (Fsp3) is 0.588. The van der Waals surface area contributed by atoms with Crippen molar-refractivity contribution in [2.75, 3.05) is 6.61 Å². The molecule has 1 aromatic rings. The number of carbonyl (C=O) groups is 1. The Morgan fingerprint density at radius 2 is 1.95 bits per heavy atom. The number of carbonyl (C=O) groups excluding carboxylic acids is 1. The summed E-state index contributed by atoms with van der Waals surface area (Å²) in [6, 6.07) is 8.06. The van der Waals surface area contributed by atoms with E-state index < -0.39 is 0 Å². The van der Waals surface area contributed by atoms with E-state index in [1.54, 1.807) is 0 Å². The number of nitrogens with one attached hydrogen (secondary N) is 1. The summed E-state index contributed by atoms with van der Waals surface area (Å²) in [4.78, 5) is 12.0. The normalized spacial score (nSPS) is 26.1. The monoisotopic (exact) mass is 275 g/mol. The van der Waals surface area contributed by atoms with Gasteiger partial charge in [0, 0.05) is 6.04 Å². The standard InChI is InChI=1S/C17H25NO2/c1-12-7-9-15(10-8-12)20-11-17(19)18-16-6-4-5-13(2)14(16)3/h7-10,13-14,16H,4-6,11H2,1-3H3,(H,18,19)/t13-,14-,16+/m0/s1. The van der Waals surface area contributed by atoms with Crippen molar-refractivity contribution in [2.24, 2.45) is 11.8 Å². The number of benzene rings is 1. The van der Waals surface area contributed by atoms with Gasteiger partial charge < -0.3 is 10.1 Å². The average Bonchev–Trinajstić information content (AvgIpc) is 2.43. The van der Waals surface area contributed by atoms with Gasteiger partial charge in [-0.15, -0.1) is 0 Å². The van der Waals surface area contributed by atoms with E-state index in [0.29, 0.717) is 17.9 Å². The molecule has 0 aliphatic heterocycles. The summed E-state index contributed by atoms with van der Waals surface area (Å²) >= 11 is 0. The molecule has 0 radical (unpaired) electrons. The van der Waals surface area contributed by atoms with Gasteiger partial charge in [0.1, 0.15) is 5.75 Å². The largest absolute Gasteiger partial charge is 0.484 e. The molecule has 1 N–H and O–H groups in total. The summed E-state index contributed by atoms with van der Waals surface area (Å²) in [6.07, 6.45) is 3.56. The van der Waals surface area contributed by atoms with Crippen molar-refractivity contribution in [3.8, 4) is 5.75 Å². The average molecular weight is 275 g/mol. The molecule has 1 amide bonds. The maximum Gasteiger partial charge on any atom is 0.258 e. The van der Waals surface area contributed by atoms with Crippen LogP contribution < -0.4 is 10.1 Å². The predicted octanol–water partition coefficient (Wildman–Crippen LogP) is 3.31. The minimum Gasteiger partial charge on any atom is -0.484 e. The highest BCUT2D eigenvalue weighted by atomic mass is 16.5. The van der Waals surface area contributed by atoms with Crippen molar-refractivity contribution in [3.05, 3.63) is 29.8 Å². The predicted molar refractivity (Wildman–Crippen MR) is 80.8 cm³/mol. The van der Waals surface area contributed by atoms with Crippen molar-refractivity contribution in [1.82, 2.24) is 5.32 Å². The molecule has 1 fully saturated rings. The molecule has 1 aliphatic carbocycles. The van der Waals surface area contributed by atoms with Gasteiger partial charge in [0.05, 0.1) is 0 Å². The second-order valence-electron chi connectivity index (χ2n) is 6.04. The van der Waals surface area contributed by atoms with Crippen LogP contribution in [0.3, 0.4) is 0 Å². The van der Waals surface area contributed by atoms with Crippen LogP contribution >= 0.6 is 0 Å². The van der Waals surface area contributed by atoms with E-state index in [0.717, 1.165) is 12.2 Å². The second kappa shape index (κ2) is 6.78. The molecule has 0 saturated heterocycles. The molecule has 0 unspecified atom stereocenters. The van der Waals surface area contributed by atoms with Gasteiger partial charge in [-0.05, 0) is 37.3 Å². The third kappa shape index (κ3) is 3.99. The summed E-state index contributed by atoms with van der Waals surface area (Å²) < 4.78 is 5.51. The Bertz CT molecular complexity index is 441. The van der Waals surface area contributed by atoms with E-state index in [9.17, 15) is 4.79 Å². The molecule has 0 bridgehead atoms. The Balaban J connectivity index is 1.79. The number of hydrogen-bond acceptors (Lipinski definition) is 2. The first kappa shape index (κ1) is 14.9. The summed E-state index contributed by atoms with van der Waals surface area (Å²) in [5, 5.41) is 3.12. The summed E-state index contributed by atoms with van der Waals surface area (Å²) in [5.41, 5.74) is 1.19. The Labute approximate surface area is 121 Å². The van der Waals surface area contributed by atoms with Gasteiger partial charge in [-0.2, -0.15) is 0 Å². The zero-order chi connectivity index (χ0) is 14.5. The van der Waals surface area contributed by atoms with Gasteiger partial charge in [-0.3, -0.25) is 4.79 Å². The zero-order valence-electron chi connectivity index (χ0n) is 12.7. The fourth-order valence-corrected chi connectivity index (χ4v) is 2.82. The Morgan fingerprint density at radius 1 is 1.25 bits per heavy atom. The molecule has 1 saturated carbocycles. The van der Waals surface area contributed by atoms with Gasteiger partial charge in [-0.1, -0.05) is 44.4 Å². The molecule has 0 spiro atoms. The molecular formula is C17H25NO2. The highest BCUT2D eigenvalue weighted by molar-refractivity contribution is 5.77. The third-order valence-corrected chi connectivity index (χ3v) is 4.44. The van der Waals surface area contributed by atoms with Crippen LogP contribution in [0, 0.1) is 18.8 Å². The van der Waals surface area contributed by atoms with E-state index in [1.165, 1.54) is 18.4 Å². The van der Waals surface area contributed by atoms with Crippen LogP contribution in [0.5, 0.6) is 5.75 Å². The van der Waals surface area contributed by atoms with Crippen molar-refractivity contribution < 1.29 is 9.53 Å². The van der Waals surface area contributed by atoms with Crippen LogP contribution in [0.25, 0.3) is 0 Å². The topological polar surface area (TPSA) is 38.3 Å². The Hall–Kier alpha value is -1.51. The molecule has 2 rings (SSSR count). The van der Waals surface area contributed by atoms with E-state index in [-0.39, 0.29) is 12.5 Å². The zero-order valence-corrected chi connectivity index (χ0v) is 12.7. The fourth-order valence-electron chi connectivity index (χ4n) is 2.82. The van der Waals surface area contributed by atoms with E-state index in [2.05, 4.69) is 19.2 Å². The third-order valence-electron chi connectivity index (χ3n) is 4.44. The van der Waals surface area contributed by atoms with E-state index in [4.69, 9.17) is 4.74 Å². The molecule has 0 heterocycles. The molecular weight excluding hydrogens is 250 g/mol. The van der Waals surface area contributed by atoms with E-state index in [1.807, 2.05) is 31.2 Å². The maximum atomic E-state index is 12.0. The molecule has 110 valence electrons. The number of amides is 1. The second-order valence-corrected chi connectivity index (χ2v) is 6.04. The Morgan fingerprint density at radius 3 is 2.65 bits per heavy atom. The number of rotatable bonds is 4. The highest BCUT2D eigenvalue weighted by Crippen LogP contribution is 2.29. The SMILES string of the molecule is Cc1ccc(OCC(=O)N[C@@H]2CCC[C@H](C)[C@@H]2C)cc1. The quantitative estimate of drug-likeness (QED) is 0.915. The summed E-state index contributed by atoms with van der Waals surface area (Å²) in [7, 11) is 0. The smallest absolute Gasteiger partial charge is 0.258 e. The van der Waals surface area contributed by atoms with E-state index >= 15 is 0 Å². The molecule has 1 aliphatic rings. The first-order valence-electron chi connectivity index (χ1n) is 7.55. The molecule has 20 heavy (non-hydrogen) atoms. The summed E-state index contributed by atoms with van der Waals surface area (Å²) in [6.45, 7) is 6.63. The molecule has 0 aromatic heterocycles. The molecule has 3 nitrogen and oxygen atoms in total. The van der Waals surface area contributed by atoms with Crippen LogP contribution in [0.1, 0.15) is 38.7 Å². The number of ether oxygens (including phenoxy) is 1. The highest BCUT2D eigenvalue weighted by Gasteiger charge is 2.28. The first-order chi connectivity index (χ1) is 9.56. The van der Waals surface area contributed by atoms with Crippen LogP contribution in [-0.4, -0.2) is 18.6 Å². The van der Waals surface area contributed by atoms with Gasteiger partial charge in [0.2, 0.25) is 0 Å². The van der Waals surface area contributed by atoms with Crippen LogP contribution in [0.15, 0.2) is 24.3 Å². The minimum absolute atomic E-state index is 0.0171. The van der Waals surface area contributed by atoms with Crippen LogP contribution in [0.2, 0.25) is 0 Å². The summed E-state index contributed by atoms with van der Waals surface area (Å²) in [5.74, 6) is 1.96. The minimum atomic E-state index is -0.0171. The molecule has 3 atom stereocenters. The van der Waals surface area contributed by atoms with Crippen LogP contribution in [0.4, 0.5) is 0 Å². The van der Waals surface area contributed by atoms with Crippen molar-refractivity contribution in [1.29, 1.82) is 0 Å². The van der Waals surface area contributed by atoms with Crippen molar-refractivity contribution in [3.63, 3.8) is 0 Å². The van der Waals surface area contributed by atoms with Crippen LogP contribution in [-0.2, 0) is 4.79 Å². The first-order valence-corrected chi connectivity index (χ1v) is 7.55. The Kier molecular flexibility index (Phi) is 5.05. The van der Waals surface area contributed by atoms with Gasteiger partial charge in [0.25, 0.3) is 5.91 Å². The number of hydrogen-bond donors (Lipinski definition) is 1. The molecule has 3 heteroatoms.